The Morgan fingerprint density at radius 1 is 1.29 bits per heavy atom. The quantitative estimate of drug-likeness (QED) is 0.777. The lowest BCUT2D eigenvalue weighted by atomic mass is 10.0. The number of rotatable bonds is 3. The predicted octanol–water partition coefficient (Wildman–Crippen LogP) is 2.86. The van der Waals surface area contributed by atoms with Gasteiger partial charge in [-0.3, -0.25) is 9.89 Å². The molecule has 4 rings (SSSR count). The van der Waals surface area contributed by atoms with Gasteiger partial charge in [0.1, 0.15) is 5.58 Å². The summed E-state index contributed by atoms with van der Waals surface area (Å²) in [5.74, 6) is 1.22. The van der Waals surface area contributed by atoms with Gasteiger partial charge in [0.25, 0.3) is 5.91 Å². The van der Waals surface area contributed by atoms with Crippen LogP contribution in [0.15, 0.2) is 40.8 Å². The third-order valence-electron chi connectivity index (χ3n) is 4.50. The van der Waals surface area contributed by atoms with E-state index in [1.165, 1.54) is 0 Å². The molecule has 0 atom stereocenters. The van der Waals surface area contributed by atoms with E-state index in [0.29, 0.717) is 5.76 Å². The molecule has 0 unspecified atom stereocenters. The molecule has 0 radical (unpaired) electrons. The third-order valence-corrected chi connectivity index (χ3v) is 4.50. The van der Waals surface area contributed by atoms with Crippen LogP contribution in [0.5, 0.6) is 0 Å². The lowest BCUT2D eigenvalue weighted by Crippen LogP contribution is -2.44. The van der Waals surface area contributed by atoms with E-state index in [1.807, 2.05) is 37.3 Å². The number of carbonyl (C=O) groups excluding carboxylic acids is 1. The van der Waals surface area contributed by atoms with Crippen molar-refractivity contribution in [3.05, 3.63) is 47.9 Å². The maximum absolute atomic E-state index is 12.4. The van der Waals surface area contributed by atoms with Gasteiger partial charge < -0.3 is 14.6 Å². The van der Waals surface area contributed by atoms with Gasteiger partial charge in [0.15, 0.2) is 11.6 Å². The standard InChI is InChI=1S/C18H20N4O2/c1-12-10-17(21-20-12)22-8-6-14(7-9-22)19-18(23)16-11-13-4-2-3-5-15(13)24-16/h2-5,10-11,14H,6-9H2,1H3,(H,19,23)(H,20,21). The van der Waals surface area contributed by atoms with E-state index in [1.54, 1.807) is 6.07 Å². The van der Waals surface area contributed by atoms with Gasteiger partial charge in [-0.25, -0.2) is 0 Å². The molecule has 0 aliphatic carbocycles. The molecule has 0 saturated carbocycles. The summed E-state index contributed by atoms with van der Waals surface area (Å²) in [5, 5.41) is 11.3. The van der Waals surface area contributed by atoms with Crippen molar-refractivity contribution >= 4 is 22.7 Å². The van der Waals surface area contributed by atoms with Crippen LogP contribution in [-0.4, -0.2) is 35.2 Å². The highest BCUT2D eigenvalue weighted by Gasteiger charge is 2.23. The summed E-state index contributed by atoms with van der Waals surface area (Å²) < 4.78 is 5.63. The number of H-pyrrole nitrogens is 1. The van der Waals surface area contributed by atoms with Crippen molar-refractivity contribution in [2.24, 2.45) is 0 Å². The zero-order valence-electron chi connectivity index (χ0n) is 13.6. The van der Waals surface area contributed by atoms with Crippen LogP contribution in [0.3, 0.4) is 0 Å². The average Bonchev–Trinajstić information content (AvgIpc) is 3.21. The smallest absolute Gasteiger partial charge is 0.287 e. The van der Waals surface area contributed by atoms with Gasteiger partial charge in [0, 0.05) is 36.3 Å². The Balaban J connectivity index is 1.37. The largest absolute Gasteiger partial charge is 0.451 e. The number of nitrogens with zero attached hydrogens (tertiary/aromatic N) is 2. The van der Waals surface area contributed by atoms with E-state index in [2.05, 4.69) is 20.4 Å². The lowest BCUT2D eigenvalue weighted by Gasteiger charge is -2.32. The van der Waals surface area contributed by atoms with Crippen molar-refractivity contribution < 1.29 is 9.21 Å². The third kappa shape index (κ3) is 2.87. The van der Waals surface area contributed by atoms with Crippen LogP contribution < -0.4 is 10.2 Å². The number of aromatic nitrogens is 2. The highest BCUT2D eigenvalue weighted by atomic mass is 16.3. The molecule has 6 heteroatoms. The number of fused-ring (bicyclic) bond motifs is 1. The molecule has 1 saturated heterocycles. The highest BCUT2D eigenvalue weighted by Crippen LogP contribution is 2.21. The van der Waals surface area contributed by atoms with Crippen LogP contribution in [0.25, 0.3) is 11.0 Å². The molecular weight excluding hydrogens is 304 g/mol. The number of piperidine rings is 1. The maximum Gasteiger partial charge on any atom is 0.287 e. The average molecular weight is 324 g/mol. The Hall–Kier alpha value is -2.76. The number of benzene rings is 1. The minimum absolute atomic E-state index is 0.139. The number of anilines is 1. The molecule has 1 fully saturated rings. The lowest BCUT2D eigenvalue weighted by molar-refractivity contribution is 0.0905. The molecule has 0 spiro atoms. The van der Waals surface area contributed by atoms with E-state index in [4.69, 9.17) is 4.42 Å². The number of hydrogen-bond donors (Lipinski definition) is 2. The maximum atomic E-state index is 12.4. The Bertz CT molecular complexity index is 826. The van der Waals surface area contributed by atoms with Crippen molar-refractivity contribution in [2.75, 3.05) is 18.0 Å². The van der Waals surface area contributed by atoms with Crippen LogP contribution in [0.4, 0.5) is 5.82 Å². The predicted molar refractivity (Wildman–Crippen MR) is 92.2 cm³/mol. The van der Waals surface area contributed by atoms with Crippen molar-refractivity contribution in [3.8, 4) is 0 Å². The molecule has 3 aromatic rings. The molecular formula is C18H20N4O2. The molecule has 24 heavy (non-hydrogen) atoms. The number of furan rings is 1. The highest BCUT2D eigenvalue weighted by molar-refractivity contribution is 5.96. The number of para-hydroxylation sites is 1. The van der Waals surface area contributed by atoms with Crippen LogP contribution in [0, 0.1) is 6.92 Å². The number of amides is 1. The second kappa shape index (κ2) is 6.03. The van der Waals surface area contributed by atoms with Gasteiger partial charge in [-0.1, -0.05) is 18.2 Å². The molecule has 124 valence electrons. The Labute approximate surface area is 139 Å². The number of aryl methyl sites for hydroxylation is 1. The summed E-state index contributed by atoms with van der Waals surface area (Å²) in [4.78, 5) is 14.6. The molecule has 3 heterocycles. The molecule has 2 N–H and O–H groups in total. The number of nitrogens with one attached hydrogen (secondary N) is 2. The van der Waals surface area contributed by atoms with Crippen molar-refractivity contribution in [3.63, 3.8) is 0 Å². The molecule has 1 aromatic carbocycles. The van der Waals surface area contributed by atoms with E-state index < -0.39 is 0 Å². The summed E-state index contributed by atoms with van der Waals surface area (Å²) in [7, 11) is 0. The first kappa shape index (κ1) is 14.8. The SMILES string of the molecule is Cc1cc(N2CCC(NC(=O)c3cc4ccccc4o3)CC2)n[nH]1. The Kier molecular flexibility index (Phi) is 3.72. The first-order chi connectivity index (χ1) is 11.7. The summed E-state index contributed by atoms with van der Waals surface area (Å²) in [6, 6.07) is 11.7. The van der Waals surface area contributed by atoms with Crippen molar-refractivity contribution in [2.45, 2.75) is 25.8 Å². The fraction of sp³-hybridized carbons (Fsp3) is 0.333. The second-order valence-electron chi connectivity index (χ2n) is 6.29. The van der Waals surface area contributed by atoms with Gasteiger partial charge >= 0.3 is 0 Å². The molecule has 0 bridgehead atoms. The number of carbonyl (C=O) groups is 1. The number of hydrogen-bond acceptors (Lipinski definition) is 4. The van der Waals surface area contributed by atoms with Crippen LogP contribution in [0.1, 0.15) is 29.1 Å². The van der Waals surface area contributed by atoms with E-state index in [9.17, 15) is 4.79 Å². The first-order valence-corrected chi connectivity index (χ1v) is 8.25. The minimum Gasteiger partial charge on any atom is -0.451 e. The topological polar surface area (TPSA) is 74.2 Å². The van der Waals surface area contributed by atoms with E-state index in [0.717, 1.165) is 48.4 Å². The fourth-order valence-corrected chi connectivity index (χ4v) is 3.17. The van der Waals surface area contributed by atoms with Crippen molar-refractivity contribution in [1.29, 1.82) is 0 Å². The normalized spacial score (nSPS) is 15.8. The summed E-state index contributed by atoms with van der Waals surface area (Å²) in [6.45, 7) is 3.77. The zero-order chi connectivity index (χ0) is 16.5. The van der Waals surface area contributed by atoms with Crippen molar-refractivity contribution in [1.82, 2.24) is 15.5 Å². The monoisotopic (exact) mass is 324 g/mol. The molecule has 1 aliphatic rings. The van der Waals surface area contributed by atoms with Gasteiger partial charge in [-0.05, 0) is 31.9 Å². The molecule has 6 nitrogen and oxygen atoms in total. The fourth-order valence-electron chi connectivity index (χ4n) is 3.17. The number of aromatic amines is 1. The summed E-state index contributed by atoms with van der Waals surface area (Å²) >= 11 is 0. The Morgan fingerprint density at radius 2 is 2.08 bits per heavy atom. The molecule has 1 aliphatic heterocycles. The van der Waals surface area contributed by atoms with Crippen LogP contribution in [-0.2, 0) is 0 Å². The molecule has 2 aromatic heterocycles. The summed E-state index contributed by atoms with van der Waals surface area (Å²) in [6.07, 6.45) is 1.80. The first-order valence-electron chi connectivity index (χ1n) is 8.25. The van der Waals surface area contributed by atoms with Gasteiger partial charge in [-0.15, -0.1) is 0 Å². The van der Waals surface area contributed by atoms with Crippen LogP contribution in [0.2, 0.25) is 0 Å². The van der Waals surface area contributed by atoms with Gasteiger partial charge in [0.05, 0.1) is 0 Å². The van der Waals surface area contributed by atoms with Crippen LogP contribution >= 0.6 is 0 Å². The van der Waals surface area contributed by atoms with E-state index >= 15 is 0 Å². The summed E-state index contributed by atoms with van der Waals surface area (Å²) in [5.41, 5.74) is 1.80. The van der Waals surface area contributed by atoms with Gasteiger partial charge in [-0.2, -0.15) is 5.10 Å². The minimum atomic E-state index is -0.139. The van der Waals surface area contributed by atoms with Gasteiger partial charge in [0.2, 0.25) is 0 Å². The second-order valence-corrected chi connectivity index (χ2v) is 6.29. The zero-order valence-corrected chi connectivity index (χ0v) is 13.6. The Morgan fingerprint density at radius 3 is 2.79 bits per heavy atom. The van der Waals surface area contributed by atoms with E-state index in [-0.39, 0.29) is 11.9 Å². The molecule has 1 amide bonds.